The summed E-state index contributed by atoms with van der Waals surface area (Å²) < 4.78 is 1.81. The van der Waals surface area contributed by atoms with Gasteiger partial charge in [0.1, 0.15) is 6.33 Å². The van der Waals surface area contributed by atoms with Crippen LogP contribution in [0.5, 0.6) is 0 Å². The first kappa shape index (κ1) is 8.74. The van der Waals surface area contributed by atoms with E-state index in [0.29, 0.717) is 5.95 Å². The van der Waals surface area contributed by atoms with Crippen molar-refractivity contribution in [1.29, 1.82) is 0 Å². The Balaban J connectivity index is 2.11. The lowest BCUT2D eigenvalue weighted by molar-refractivity contribution is 0.687. The van der Waals surface area contributed by atoms with Crippen molar-refractivity contribution in [2.24, 2.45) is 0 Å². The van der Waals surface area contributed by atoms with Crippen molar-refractivity contribution in [3.63, 3.8) is 0 Å². The molecule has 1 heterocycles. The van der Waals surface area contributed by atoms with E-state index >= 15 is 0 Å². The van der Waals surface area contributed by atoms with Crippen molar-refractivity contribution in [2.45, 2.75) is 6.54 Å². The minimum absolute atomic E-state index is 0.654. The van der Waals surface area contributed by atoms with E-state index in [4.69, 9.17) is 0 Å². The fourth-order valence-corrected chi connectivity index (χ4v) is 1.26. The molecule has 1 aromatic heterocycles. The van der Waals surface area contributed by atoms with Gasteiger partial charge in [-0.05, 0) is 5.56 Å². The number of benzene rings is 1. The van der Waals surface area contributed by atoms with E-state index in [0.717, 1.165) is 6.54 Å². The average molecular weight is 188 g/mol. The van der Waals surface area contributed by atoms with Crippen LogP contribution in [-0.2, 0) is 6.54 Å². The molecule has 1 N–H and O–H groups in total. The van der Waals surface area contributed by atoms with Crippen molar-refractivity contribution < 1.29 is 0 Å². The third-order valence-corrected chi connectivity index (χ3v) is 1.95. The lowest BCUT2D eigenvalue weighted by atomic mass is 10.2. The number of nitrogens with one attached hydrogen (secondary N) is 1. The van der Waals surface area contributed by atoms with Gasteiger partial charge in [0.25, 0.3) is 0 Å². The molecule has 0 spiro atoms. The average Bonchev–Trinajstić information content (AvgIpc) is 2.67. The summed E-state index contributed by atoms with van der Waals surface area (Å²) in [7, 11) is 1.81. The van der Waals surface area contributed by atoms with Crippen LogP contribution in [-0.4, -0.2) is 21.8 Å². The van der Waals surface area contributed by atoms with Gasteiger partial charge in [0.15, 0.2) is 0 Å². The Morgan fingerprint density at radius 1 is 1.29 bits per heavy atom. The second-order valence-electron chi connectivity index (χ2n) is 3.00. The molecule has 0 fully saturated rings. The van der Waals surface area contributed by atoms with Gasteiger partial charge in [0.05, 0.1) is 6.54 Å². The molecule has 0 aliphatic carbocycles. The summed E-state index contributed by atoms with van der Waals surface area (Å²) in [4.78, 5) is 4.07. The van der Waals surface area contributed by atoms with Crippen molar-refractivity contribution in [3.05, 3.63) is 42.2 Å². The maximum atomic E-state index is 4.22. The monoisotopic (exact) mass is 188 g/mol. The van der Waals surface area contributed by atoms with Crippen molar-refractivity contribution >= 4 is 5.95 Å². The van der Waals surface area contributed by atoms with Crippen LogP contribution in [0.2, 0.25) is 0 Å². The van der Waals surface area contributed by atoms with Gasteiger partial charge in [-0.3, -0.25) is 0 Å². The van der Waals surface area contributed by atoms with Crippen LogP contribution < -0.4 is 5.32 Å². The molecule has 0 radical (unpaired) electrons. The molecule has 0 saturated heterocycles. The van der Waals surface area contributed by atoms with Crippen molar-refractivity contribution in [1.82, 2.24) is 14.8 Å². The normalized spacial score (nSPS) is 10.1. The highest BCUT2D eigenvalue weighted by Crippen LogP contribution is 2.02. The topological polar surface area (TPSA) is 42.7 Å². The second-order valence-corrected chi connectivity index (χ2v) is 3.00. The van der Waals surface area contributed by atoms with Gasteiger partial charge in [-0.2, -0.15) is 0 Å². The highest BCUT2D eigenvalue weighted by atomic mass is 15.4. The molecule has 72 valence electrons. The fourth-order valence-electron chi connectivity index (χ4n) is 1.26. The lowest BCUT2D eigenvalue weighted by Crippen LogP contribution is -2.00. The van der Waals surface area contributed by atoms with Gasteiger partial charge < -0.3 is 5.32 Å². The largest absolute Gasteiger partial charge is 0.356 e. The Bertz CT molecular complexity index is 394. The van der Waals surface area contributed by atoms with Crippen LogP contribution in [0.4, 0.5) is 5.95 Å². The van der Waals surface area contributed by atoms with Crippen LogP contribution in [0.1, 0.15) is 5.56 Å². The number of anilines is 1. The van der Waals surface area contributed by atoms with Gasteiger partial charge in [-0.25, -0.2) is 9.67 Å². The number of nitrogens with zero attached hydrogens (tertiary/aromatic N) is 3. The minimum atomic E-state index is 0.654. The summed E-state index contributed by atoms with van der Waals surface area (Å²) >= 11 is 0. The maximum Gasteiger partial charge on any atom is 0.241 e. The quantitative estimate of drug-likeness (QED) is 0.791. The molecule has 0 aliphatic rings. The fraction of sp³-hybridized carbons (Fsp3) is 0.200. The van der Waals surface area contributed by atoms with E-state index in [1.165, 1.54) is 5.56 Å². The zero-order chi connectivity index (χ0) is 9.80. The molecule has 2 aromatic rings. The Kier molecular flexibility index (Phi) is 2.44. The summed E-state index contributed by atoms with van der Waals surface area (Å²) in [6, 6.07) is 10.2. The summed E-state index contributed by atoms with van der Waals surface area (Å²) in [5.41, 5.74) is 1.22. The van der Waals surface area contributed by atoms with Crippen LogP contribution in [0.25, 0.3) is 0 Å². The number of hydrogen-bond donors (Lipinski definition) is 1. The first-order valence-electron chi connectivity index (χ1n) is 4.49. The number of rotatable bonds is 3. The highest BCUT2D eigenvalue weighted by molar-refractivity contribution is 5.20. The standard InChI is InChI=1S/C10H12N4/c1-11-10-12-8-14(13-10)7-9-5-3-2-4-6-9/h2-6,8H,7H2,1H3,(H,11,13). The molecule has 0 unspecified atom stereocenters. The molecule has 2 rings (SSSR count). The second kappa shape index (κ2) is 3.91. The minimum Gasteiger partial charge on any atom is -0.356 e. The van der Waals surface area contributed by atoms with E-state index in [-0.39, 0.29) is 0 Å². The molecular weight excluding hydrogens is 176 g/mol. The Morgan fingerprint density at radius 2 is 2.07 bits per heavy atom. The Labute approximate surface area is 82.6 Å². The van der Waals surface area contributed by atoms with Gasteiger partial charge in [0, 0.05) is 7.05 Å². The van der Waals surface area contributed by atoms with Gasteiger partial charge in [-0.15, -0.1) is 5.10 Å². The molecule has 0 aliphatic heterocycles. The Hall–Kier alpha value is -1.84. The van der Waals surface area contributed by atoms with Crippen LogP contribution in [0.3, 0.4) is 0 Å². The van der Waals surface area contributed by atoms with Crippen molar-refractivity contribution in [3.8, 4) is 0 Å². The molecule has 1 aromatic carbocycles. The van der Waals surface area contributed by atoms with Crippen LogP contribution in [0, 0.1) is 0 Å². The predicted molar refractivity (Wildman–Crippen MR) is 55.1 cm³/mol. The predicted octanol–water partition coefficient (Wildman–Crippen LogP) is 1.37. The van der Waals surface area contributed by atoms with E-state index in [9.17, 15) is 0 Å². The zero-order valence-corrected chi connectivity index (χ0v) is 8.01. The molecule has 0 amide bonds. The summed E-state index contributed by atoms with van der Waals surface area (Å²) in [5.74, 6) is 0.654. The van der Waals surface area contributed by atoms with Crippen LogP contribution >= 0.6 is 0 Å². The summed E-state index contributed by atoms with van der Waals surface area (Å²) in [6.45, 7) is 0.759. The SMILES string of the molecule is CNc1ncn(Cc2ccccc2)n1. The van der Waals surface area contributed by atoms with Gasteiger partial charge >= 0.3 is 0 Å². The summed E-state index contributed by atoms with van der Waals surface area (Å²) in [5, 5.41) is 7.11. The molecule has 0 saturated carbocycles. The highest BCUT2D eigenvalue weighted by Gasteiger charge is 1.97. The van der Waals surface area contributed by atoms with Crippen molar-refractivity contribution in [2.75, 3.05) is 12.4 Å². The third-order valence-electron chi connectivity index (χ3n) is 1.95. The summed E-state index contributed by atoms with van der Waals surface area (Å²) in [6.07, 6.45) is 1.72. The van der Waals surface area contributed by atoms with Gasteiger partial charge in [0.2, 0.25) is 5.95 Å². The van der Waals surface area contributed by atoms with Crippen LogP contribution in [0.15, 0.2) is 36.7 Å². The third kappa shape index (κ3) is 1.90. The van der Waals surface area contributed by atoms with E-state index < -0.39 is 0 Å². The molecule has 0 atom stereocenters. The van der Waals surface area contributed by atoms with E-state index in [2.05, 4.69) is 27.5 Å². The van der Waals surface area contributed by atoms with E-state index in [1.807, 2.05) is 25.2 Å². The molecular formula is C10H12N4. The first-order chi connectivity index (χ1) is 6.88. The zero-order valence-electron chi connectivity index (χ0n) is 8.01. The molecule has 4 nitrogen and oxygen atoms in total. The van der Waals surface area contributed by atoms with Gasteiger partial charge in [-0.1, -0.05) is 30.3 Å². The number of aromatic nitrogens is 3. The molecule has 4 heteroatoms. The van der Waals surface area contributed by atoms with E-state index in [1.54, 1.807) is 11.0 Å². The maximum absolute atomic E-state index is 4.22. The smallest absolute Gasteiger partial charge is 0.241 e. The molecule has 14 heavy (non-hydrogen) atoms. The Morgan fingerprint density at radius 3 is 2.71 bits per heavy atom. The number of hydrogen-bond acceptors (Lipinski definition) is 3. The first-order valence-corrected chi connectivity index (χ1v) is 4.49. The lowest BCUT2D eigenvalue weighted by Gasteiger charge is -1.99. The molecule has 0 bridgehead atoms.